The van der Waals surface area contributed by atoms with Gasteiger partial charge in [0, 0.05) is 52.2 Å². The maximum absolute atomic E-state index is 13.2. The van der Waals surface area contributed by atoms with Gasteiger partial charge in [0.15, 0.2) is 0 Å². The Hall–Kier alpha value is -2.96. The van der Waals surface area contributed by atoms with E-state index in [2.05, 4.69) is 17.1 Å². The number of hydrogen-bond acceptors (Lipinski definition) is 4. The molecule has 1 N–H and O–H groups in total. The van der Waals surface area contributed by atoms with Crippen LogP contribution in [-0.2, 0) is 0 Å². The highest BCUT2D eigenvalue weighted by molar-refractivity contribution is 7.99. The van der Waals surface area contributed by atoms with Gasteiger partial charge in [0.25, 0.3) is 11.8 Å². The number of benzene rings is 3. The van der Waals surface area contributed by atoms with Gasteiger partial charge in [-0.25, -0.2) is 0 Å². The van der Waals surface area contributed by atoms with Gasteiger partial charge in [0.2, 0.25) is 0 Å². The molecule has 2 aliphatic rings. The van der Waals surface area contributed by atoms with Gasteiger partial charge >= 0.3 is 0 Å². The molecule has 0 bridgehead atoms. The lowest BCUT2D eigenvalue weighted by atomic mass is 10.1. The third-order valence-corrected chi connectivity index (χ3v) is 7.29. The van der Waals surface area contributed by atoms with Crippen molar-refractivity contribution in [1.29, 1.82) is 0 Å². The van der Waals surface area contributed by atoms with Gasteiger partial charge in [-0.3, -0.25) is 9.59 Å². The monoisotopic (exact) mass is 463 g/mol. The quantitative estimate of drug-likeness (QED) is 0.558. The smallest absolute Gasteiger partial charge is 0.256 e. The number of nitrogens with one attached hydrogen (secondary N) is 1. The van der Waals surface area contributed by atoms with Crippen molar-refractivity contribution in [2.75, 3.05) is 36.4 Å². The van der Waals surface area contributed by atoms with Gasteiger partial charge in [0.1, 0.15) is 0 Å². The second kappa shape index (κ2) is 8.52. The van der Waals surface area contributed by atoms with Crippen LogP contribution in [0, 0.1) is 6.92 Å². The van der Waals surface area contributed by atoms with Crippen LogP contribution in [0.2, 0.25) is 5.02 Å². The van der Waals surface area contributed by atoms with Crippen molar-refractivity contribution in [2.24, 2.45) is 0 Å². The molecule has 5 nitrogen and oxygen atoms in total. The Morgan fingerprint density at radius 3 is 2.56 bits per heavy atom. The zero-order valence-corrected chi connectivity index (χ0v) is 19.2. The van der Waals surface area contributed by atoms with E-state index in [-0.39, 0.29) is 11.8 Å². The van der Waals surface area contributed by atoms with E-state index < -0.39 is 0 Å². The number of hydrogen-bond donors (Lipinski definition) is 1. The minimum atomic E-state index is -0.151. The predicted octanol–water partition coefficient (Wildman–Crippen LogP) is 5.33. The molecule has 0 saturated carbocycles. The molecule has 1 fully saturated rings. The van der Waals surface area contributed by atoms with Crippen molar-refractivity contribution in [3.05, 3.63) is 82.4 Å². The van der Waals surface area contributed by atoms with Crippen molar-refractivity contribution in [2.45, 2.75) is 16.7 Å². The Kier molecular flexibility index (Phi) is 5.57. The second-order valence-electron chi connectivity index (χ2n) is 7.97. The van der Waals surface area contributed by atoms with Crippen LogP contribution >= 0.6 is 23.4 Å². The van der Waals surface area contributed by atoms with Crippen LogP contribution in [-0.4, -0.2) is 42.9 Å². The van der Waals surface area contributed by atoms with Gasteiger partial charge in [0.05, 0.1) is 11.3 Å². The molecule has 0 aromatic heterocycles. The molecule has 0 aliphatic carbocycles. The molecule has 0 unspecified atom stereocenters. The van der Waals surface area contributed by atoms with Gasteiger partial charge in [-0.2, -0.15) is 0 Å². The first-order valence-electron chi connectivity index (χ1n) is 10.5. The fraction of sp³-hybridized carbons (Fsp3) is 0.200. The number of anilines is 2. The van der Waals surface area contributed by atoms with Crippen molar-refractivity contribution < 1.29 is 9.59 Å². The number of carbonyl (C=O) groups excluding carboxylic acids is 2. The van der Waals surface area contributed by atoms with E-state index in [1.54, 1.807) is 6.07 Å². The third-order valence-electron chi connectivity index (χ3n) is 5.91. The first kappa shape index (κ1) is 20.9. The van der Waals surface area contributed by atoms with Crippen molar-refractivity contribution in [3.63, 3.8) is 0 Å². The van der Waals surface area contributed by atoms with Gasteiger partial charge in [-0.05, 0) is 55.0 Å². The highest BCUT2D eigenvalue weighted by atomic mass is 35.5. The lowest BCUT2D eigenvalue weighted by Gasteiger charge is -2.37. The van der Waals surface area contributed by atoms with E-state index in [1.807, 2.05) is 59.5 Å². The third kappa shape index (κ3) is 3.96. The van der Waals surface area contributed by atoms with Gasteiger partial charge in [-0.15, -0.1) is 0 Å². The summed E-state index contributed by atoms with van der Waals surface area (Å²) in [5.41, 5.74) is 4.20. The molecule has 3 aromatic carbocycles. The van der Waals surface area contributed by atoms with E-state index in [1.165, 1.54) is 17.3 Å². The molecule has 0 spiro atoms. The summed E-state index contributed by atoms with van der Waals surface area (Å²) in [5, 5.41) is 3.68. The largest absolute Gasteiger partial charge is 0.368 e. The van der Waals surface area contributed by atoms with Crippen molar-refractivity contribution in [1.82, 2.24) is 4.90 Å². The molecular weight excluding hydrogens is 442 g/mol. The van der Waals surface area contributed by atoms with E-state index in [0.717, 1.165) is 33.6 Å². The normalized spacial score (nSPS) is 15.5. The van der Waals surface area contributed by atoms with E-state index in [4.69, 9.17) is 11.6 Å². The van der Waals surface area contributed by atoms with Crippen LogP contribution in [0.3, 0.4) is 0 Å². The summed E-state index contributed by atoms with van der Waals surface area (Å²) in [6.45, 7) is 4.84. The molecule has 2 amide bonds. The average Bonchev–Trinajstić information content (AvgIpc) is 2.95. The first-order valence-corrected chi connectivity index (χ1v) is 11.7. The minimum absolute atomic E-state index is 0.0173. The van der Waals surface area contributed by atoms with Crippen LogP contribution in [0.1, 0.15) is 26.3 Å². The molecule has 0 atom stereocenters. The van der Waals surface area contributed by atoms with Crippen molar-refractivity contribution in [3.8, 4) is 0 Å². The Morgan fingerprint density at radius 1 is 0.969 bits per heavy atom. The zero-order chi connectivity index (χ0) is 22.2. The van der Waals surface area contributed by atoms with E-state index >= 15 is 0 Å². The number of nitrogens with zero attached hydrogens (tertiary/aromatic N) is 2. The molecule has 5 rings (SSSR count). The molecule has 7 heteroatoms. The lowest BCUT2D eigenvalue weighted by Crippen LogP contribution is -2.49. The van der Waals surface area contributed by atoms with Crippen LogP contribution in [0.15, 0.2) is 70.5 Å². The highest BCUT2D eigenvalue weighted by Crippen LogP contribution is 2.39. The Morgan fingerprint density at radius 2 is 1.75 bits per heavy atom. The first-order chi connectivity index (χ1) is 15.5. The summed E-state index contributed by atoms with van der Waals surface area (Å²) in [5.74, 6) is -0.168. The fourth-order valence-corrected chi connectivity index (χ4v) is 5.33. The number of amides is 2. The molecule has 162 valence electrons. The molecule has 0 radical (unpaired) electrons. The Bertz CT molecular complexity index is 1220. The summed E-state index contributed by atoms with van der Waals surface area (Å²) in [4.78, 5) is 31.8. The average molecular weight is 464 g/mol. The molecule has 1 saturated heterocycles. The van der Waals surface area contributed by atoms with Gasteiger partial charge < -0.3 is 15.1 Å². The standard InChI is InChI=1S/C25H22ClN3O2S/c1-16-6-8-18(26)15-21(16)28-10-12-29(13-11-28)25(31)17-7-9-23-20(14-17)27-24(30)19-4-2-3-5-22(19)32-23/h2-9,14-15H,10-13H2,1H3,(H,27,30). The van der Waals surface area contributed by atoms with Crippen LogP contribution in [0.4, 0.5) is 11.4 Å². The van der Waals surface area contributed by atoms with E-state index in [0.29, 0.717) is 29.9 Å². The number of halogens is 1. The fourth-order valence-electron chi connectivity index (χ4n) is 4.16. The topological polar surface area (TPSA) is 52.6 Å². The molecule has 2 heterocycles. The minimum Gasteiger partial charge on any atom is -0.368 e. The van der Waals surface area contributed by atoms with Crippen LogP contribution in [0.25, 0.3) is 0 Å². The summed E-state index contributed by atoms with van der Waals surface area (Å²) < 4.78 is 0. The molecule has 3 aromatic rings. The Labute approximate surface area is 196 Å². The number of piperazine rings is 1. The highest BCUT2D eigenvalue weighted by Gasteiger charge is 2.25. The number of carbonyl (C=O) groups is 2. The van der Waals surface area contributed by atoms with Gasteiger partial charge in [-0.1, -0.05) is 41.6 Å². The number of fused-ring (bicyclic) bond motifs is 2. The maximum atomic E-state index is 13.2. The zero-order valence-electron chi connectivity index (χ0n) is 17.6. The predicted molar refractivity (Wildman–Crippen MR) is 129 cm³/mol. The summed E-state index contributed by atoms with van der Waals surface area (Å²) in [6.07, 6.45) is 0. The van der Waals surface area contributed by atoms with Crippen LogP contribution < -0.4 is 10.2 Å². The summed E-state index contributed by atoms with van der Waals surface area (Å²) in [6, 6.07) is 19.0. The second-order valence-corrected chi connectivity index (χ2v) is 9.49. The Balaban J connectivity index is 1.32. The van der Waals surface area contributed by atoms with Crippen molar-refractivity contribution >= 4 is 46.6 Å². The molecule has 2 aliphatic heterocycles. The SMILES string of the molecule is Cc1ccc(Cl)cc1N1CCN(C(=O)c2ccc3c(c2)NC(=O)c2ccccc2S3)CC1. The number of aryl methyl sites for hydroxylation is 1. The number of rotatable bonds is 2. The molecular formula is C25H22ClN3O2S. The van der Waals surface area contributed by atoms with Crippen LogP contribution in [0.5, 0.6) is 0 Å². The van der Waals surface area contributed by atoms with E-state index in [9.17, 15) is 9.59 Å². The summed E-state index contributed by atoms with van der Waals surface area (Å²) in [7, 11) is 0. The maximum Gasteiger partial charge on any atom is 0.256 e. The summed E-state index contributed by atoms with van der Waals surface area (Å²) >= 11 is 7.72. The lowest BCUT2D eigenvalue weighted by molar-refractivity contribution is 0.0746. The molecule has 32 heavy (non-hydrogen) atoms.